The molecular formula is C8H11BN2O. The molecule has 0 aliphatic rings. The van der Waals surface area contributed by atoms with Crippen LogP contribution < -0.4 is 11.2 Å². The van der Waals surface area contributed by atoms with Crippen molar-refractivity contribution in [1.82, 2.24) is 9.97 Å². The highest BCUT2D eigenvalue weighted by molar-refractivity contribution is 6.31. The zero-order valence-corrected chi connectivity index (χ0v) is 7.51. The lowest BCUT2D eigenvalue weighted by Gasteiger charge is -2.06. The fraction of sp³-hybridized carbons (Fsp3) is 0.500. The van der Waals surface area contributed by atoms with Crippen LogP contribution in [-0.4, -0.2) is 17.8 Å². The minimum Gasteiger partial charge on any atom is -0.310 e. The fourth-order valence-corrected chi connectivity index (χ4v) is 0.841. The van der Waals surface area contributed by atoms with Crippen molar-refractivity contribution in [2.45, 2.75) is 26.7 Å². The summed E-state index contributed by atoms with van der Waals surface area (Å²) in [5.74, 6) is 0.837. The van der Waals surface area contributed by atoms with E-state index < -0.39 is 0 Å². The molecule has 1 aromatic rings. The largest absolute Gasteiger partial charge is 0.310 e. The van der Waals surface area contributed by atoms with Crippen molar-refractivity contribution in [2.75, 3.05) is 0 Å². The summed E-state index contributed by atoms with van der Waals surface area (Å²) in [6.45, 7) is 5.56. The first kappa shape index (κ1) is 9.04. The van der Waals surface area contributed by atoms with E-state index in [0.29, 0.717) is 17.0 Å². The summed E-state index contributed by atoms with van der Waals surface area (Å²) >= 11 is 0. The Morgan fingerprint density at radius 2 is 2.08 bits per heavy atom. The van der Waals surface area contributed by atoms with Gasteiger partial charge < -0.3 is 4.98 Å². The number of aromatic amines is 1. The van der Waals surface area contributed by atoms with E-state index in [0.717, 1.165) is 0 Å². The van der Waals surface area contributed by atoms with Gasteiger partial charge in [-0.05, 0) is 12.5 Å². The Morgan fingerprint density at radius 1 is 1.50 bits per heavy atom. The number of rotatable bonds is 1. The van der Waals surface area contributed by atoms with E-state index in [1.807, 2.05) is 13.8 Å². The van der Waals surface area contributed by atoms with Crippen LogP contribution in [0.15, 0.2) is 4.79 Å². The summed E-state index contributed by atoms with van der Waals surface area (Å²) in [4.78, 5) is 17.9. The van der Waals surface area contributed by atoms with Gasteiger partial charge in [-0.2, -0.15) is 0 Å². The van der Waals surface area contributed by atoms with Crippen LogP contribution in [0.2, 0.25) is 0 Å². The molecule has 1 aromatic heterocycles. The summed E-state index contributed by atoms with van der Waals surface area (Å²) in [7, 11) is 5.53. The molecule has 0 bridgehead atoms. The van der Waals surface area contributed by atoms with E-state index in [1.165, 1.54) is 0 Å². The Morgan fingerprint density at radius 3 is 2.50 bits per heavy atom. The van der Waals surface area contributed by atoms with Crippen LogP contribution >= 0.6 is 0 Å². The average molecular weight is 162 g/mol. The van der Waals surface area contributed by atoms with Crippen LogP contribution in [-0.2, 0) is 0 Å². The molecule has 0 saturated heterocycles. The van der Waals surface area contributed by atoms with Crippen LogP contribution in [0.4, 0.5) is 0 Å². The molecule has 0 atom stereocenters. The molecular weight excluding hydrogens is 151 g/mol. The maximum absolute atomic E-state index is 11.2. The zero-order chi connectivity index (χ0) is 9.30. The first-order valence-corrected chi connectivity index (χ1v) is 3.88. The van der Waals surface area contributed by atoms with E-state index >= 15 is 0 Å². The molecule has 0 spiro atoms. The molecule has 1 heterocycles. The molecule has 0 aliphatic heterocycles. The highest BCUT2D eigenvalue weighted by Gasteiger charge is 2.05. The highest BCUT2D eigenvalue weighted by atomic mass is 16.1. The molecule has 3 nitrogen and oxygen atoms in total. The molecule has 4 heteroatoms. The smallest absolute Gasteiger partial charge is 0.253 e. The van der Waals surface area contributed by atoms with Gasteiger partial charge in [-0.1, -0.05) is 13.8 Å². The van der Waals surface area contributed by atoms with Crippen molar-refractivity contribution < 1.29 is 0 Å². The van der Waals surface area contributed by atoms with Crippen LogP contribution in [0.25, 0.3) is 0 Å². The molecule has 0 saturated carbocycles. The summed E-state index contributed by atoms with van der Waals surface area (Å²) in [5, 5.41) is 0. The maximum atomic E-state index is 11.2. The SMILES string of the molecule is [B]c1nc(C(C)C)[nH]c(=O)c1C. The molecule has 1 rings (SSSR count). The standard InChI is InChI=1S/C8H11BN2O/c1-4(2)7-10-6(9)5(3)8(12)11-7/h4H,1-3H3,(H,10,11,12). The summed E-state index contributed by atoms with van der Waals surface area (Å²) in [5.41, 5.74) is 0.660. The Kier molecular flexibility index (Phi) is 2.36. The number of hydrogen-bond acceptors (Lipinski definition) is 2. The van der Waals surface area contributed by atoms with E-state index in [2.05, 4.69) is 9.97 Å². The van der Waals surface area contributed by atoms with Gasteiger partial charge in [-0.25, -0.2) is 0 Å². The minimum absolute atomic E-state index is 0.147. The maximum Gasteiger partial charge on any atom is 0.253 e. The fourth-order valence-electron chi connectivity index (χ4n) is 0.841. The van der Waals surface area contributed by atoms with Gasteiger partial charge in [0.15, 0.2) is 0 Å². The predicted octanol–water partition coefficient (Wildman–Crippen LogP) is -0.00448. The van der Waals surface area contributed by atoms with Gasteiger partial charge in [0, 0.05) is 11.5 Å². The molecule has 0 amide bonds. The molecule has 0 aromatic carbocycles. The number of nitrogens with one attached hydrogen (secondary N) is 1. The summed E-state index contributed by atoms with van der Waals surface area (Å²) in [6, 6.07) is 0. The first-order valence-electron chi connectivity index (χ1n) is 3.88. The molecule has 0 unspecified atom stereocenters. The second-order valence-corrected chi connectivity index (χ2v) is 3.12. The van der Waals surface area contributed by atoms with Crippen molar-refractivity contribution in [3.05, 3.63) is 21.7 Å². The van der Waals surface area contributed by atoms with Crippen LogP contribution in [0, 0.1) is 6.92 Å². The first-order chi connectivity index (χ1) is 5.52. The predicted molar refractivity (Wildman–Crippen MR) is 49.1 cm³/mol. The lowest BCUT2D eigenvalue weighted by Crippen LogP contribution is -2.27. The molecule has 12 heavy (non-hydrogen) atoms. The van der Waals surface area contributed by atoms with Gasteiger partial charge in [0.05, 0.1) is 0 Å². The van der Waals surface area contributed by atoms with Gasteiger partial charge >= 0.3 is 0 Å². The van der Waals surface area contributed by atoms with Crippen molar-refractivity contribution >= 4 is 13.4 Å². The van der Waals surface area contributed by atoms with Crippen LogP contribution in [0.3, 0.4) is 0 Å². The normalized spacial score (nSPS) is 10.7. The van der Waals surface area contributed by atoms with Crippen molar-refractivity contribution in [1.29, 1.82) is 0 Å². The lowest BCUT2D eigenvalue weighted by atomic mass is 9.99. The number of aromatic nitrogens is 2. The van der Waals surface area contributed by atoms with Gasteiger partial charge in [-0.3, -0.25) is 9.78 Å². The molecule has 2 radical (unpaired) electrons. The van der Waals surface area contributed by atoms with E-state index in [9.17, 15) is 4.79 Å². The van der Waals surface area contributed by atoms with Gasteiger partial charge in [0.25, 0.3) is 5.56 Å². The average Bonchev–Trinajstić information content (AvgIpc) is 1.99. The van der Waals surface area contributed by atoms with Crippen molar-refractivity contribution in [3.63, 3.8) is 0 Å². The number of hydrogen-bond donors (Lipinski definition) is 1. The van der Waals surface area contributed by atoms with Crippen molar-refractivity contribution in [2.24, 2.45) is 0 Å². The van der Waals surface area contributed by atoms with E-state index in [1.54, 1.807) is 6.92 Å². The molecule has 0 fully saturated rings. The molecule has 62 valence electrons. The Balaban J connectivity index is 3.31. The third kappa shape index (κ3) is 1.57. The number of nitrogens with zero attached hydrogens (tertiary/aromatic N) is 1. The second-order valence-electron chi connectivity index (χ2n) is 3.12. The zero-order valence-electron chi connectivity index (χ0n) is 7.51. The van der Waals surface area contributed by atoms with E-state index in [4.69, 9.17) is 7.85 Å². The van der Waals surface area contributed by atoms with Gasteiger partial charge in [-0.15, -0.1) is 0 Å². The molecule has 1 N–H and O–H groups in total. The quantitative estimate of drug-likeness (QED) is 0.590. The monoisotopic (exact) mass is 162 g/mol. The van der Waals surface area contributed by atoms with E-state index in [-0.39, 0.29) is 11.5 Å². The van der Waals surface area contributed by atoms with Crippen LogP contribution in [0.1, 0.15) is 31.2 Å². The third-order valence-electron chi connectivity index (χ3n) is 1.75. The van der Waals surface area contributed by atoms with Gasteiger partial charge in [0.1, 0.15) is 13.7 Å². The topological polar surface area (TPSA) is 45.8 Å². The second kappa shape index (κ2) is 3.13. The van der Waals surface area contributed by atoms with Crippen LogP contribution in [0.5, 0.6) is 0 Å². The Labute approximate surface area is 72.6 Å². The molecule has 0 aliphatic carbocycles. The summed E-state index contributed by atoms with van der Waals surface area (Å²) in [6.07, 6.45) is 0. The third-order valence-corrected chi connectivity index (χ3v) is 1.75. The number of H-pyrrole nitrogens is 1. The summed E-state index contributed by atoms with van der Waals surface area (Å²) < 4.78 is 0. The Hall–Kier alpha value is -1.06. The Bertz CT molecular complexity index is 343. The lowest BCUT2D eigenvalue weighted by molar-refractivity contribution is 0.769. The van der Waals surface area contributed by atoms with Crippen molar-refractivity contribution in [3.8, 4) is 0 Å². The minimum atomic E-state index is -0.147. The highest BCUT2D eigenvalue weighted by Crippen LogP contribution is 2.03. The van der Waals surface area contributed by atoms with Gasteiger partial charge in [0.2, 0.25) is 0 Å².